The molecule has 0 saturated heterocycles. The van der Waals surface area contributed by atoms with Crippen LogP contribution in [-0.2, 0) is 5.54 Å². The van der Waals surface area contributed by atoms with E-state index >= 15 is 0 Å². The van der Waals surface area contributed by atoms with Gasteiger partial charge in [0.1, 0.15) is 0 Å². The molecule has 0 atom stereocenters. The van der Waals surface area contributed by atoms with Gasteiger partial charge in [0, 0.05) is 33.2 Å². The number of pyridine rings is 1. The monoisotopic (exact) mass is 302 g/mol. The lowest BCUT2D eigenvalue weighted by Gasteiger charge is -2.37. The van der Waals surface area contributed by atoms with Gasteiger partial charge in [-0.05, 0) is 44.5 Å². The highest BCUT2D eigenvalue weighted by molar-refractivity contribution is 9.10. The fourth-order valence-electron chi connectivity index (χ4n) is 2.83. The van der Waals surface area contributed by atoms with Gasteiger partial charge < -0.3 is 5.32 Å². The van der Waals surface area contributed by atoms with E-state index in [-0.39, 0.29) is 5.54 Å². The van der Waals surface area contributed by atoms with Gasteiger partial charge in [-0.3, -0.25) is 4.98 Å². The predicted molar refractivity (Wildman–Crippen MR) is 78.8 cm³/mol. The minimum Gasteiger partial charge on any atom is -0.375 e. The molecule has 1 aliphatic rings. The van der Waals surface area contributed by atoms with E-state index in [4.69, 9.17) is 0 Å². The zero-order chi connectivity index (χ0) is 12.9. The number of nitrogens with one attached hydrogen (secondary N) is 1. The van der Waals surface area contributed by atoms with E-state index in [9.17, 15) is 0 Å². The molecule has 0 amide bonds. The Labute approximate surface area is 116 Å². The molecule has 0 fully saturated rings. The van der Waals surface area contributed by atoms with Gasteiger partial charge in [-0.15, -0.1) is 0 Å². The third-order valence-corrected chi connectivity index (χ3v) is 3.98. The number of anilines is 1. The van der Waals surface area contributed by atoms with Gasteiger partial charge >= 0.3 is 0 Å². The van der Waals surface area contributed by atoms with Crippen molar-refractivity contribution in [3.63, 3.8) is 0 Å². The Morgan fingerprint density at radius 1 is 1.17 bits per heavy atom. The largest absolute Gasteiger partial charge is 0.375 e. The number of benzene rings is 1. The predicted octanol–water partition coefficient (Wildman–Crippen LogP) is 4.48. The van der Waals surface area contributed by atoms with Crippen molar-refractivity contribution in [1.82, 2.24) is 4.98 Å². The summed E-state index contributed by atoms with van der Waals surface area (Å²) < 4.78 is 1.10. The van der Waals surface area contributed by atoms with E-state index in [1.54, 1.807) is 0 Å². The van der Waals surface area contributed by atoms with Crippen LogP contribution >= 0.6 is 15.9 Å². The fourth-order valence-corrected chi connectivity index (χ4v) is 3.19. The molecule has 18 heavy (non-hydrogen) atoms. The second-order valence-corrected chi connectivity index (χ2v) is 6.17. The van der Waals surface area contributed by atoms with Crippen LogP contribution < -0.4 is 5.32 Å². The second-order valence-electron chi connectivity index (χ2n) is 5.26. The highest BCUT2D eigenvalue weighted by Gasteiger charge is 2.32. The van der Waals surface area contributed by atoms with Gasteiger partial charge in [-0.1, -0.05) is 22.0 Å². The highest BCUT2D eigenvalue weighted by Crippen LogP contribution is 2.44. The molecule has 1 N–H and O–H groups in total. The minimum atomic E-state index is -0.0958. The topological polar surface area (TPSA) is 24.9 Å². The summed E-state index contributed by atoms with van der Waals surface area (Å²) in [4.78, 5) is 4.43. The number of halogens is 1. The van der Waals surface area contributed by atoms with E-state index in [2.05, 4.69) is 71.3 Å². The zero-order valence-electron chi connectivity index (χ0n) is 10.7. The number of hydrogen-bond donors (Lipinski definition) is 1. The van der Waals surface area contributed by atoms with Crippen LogP contribution in [-0.4, -0.2) is 4.98 Å². The van der Waals surface area contributed by atoms with Crippen LogP contribution in [0.2, 0.25) is 0 Å². The Morgan fingerprint density at radius 2 is 1.94 bits per heavy atom. The molecule has 92 valence electrons. The average Bonchev–Trinajstić information content (AvgIpc) is 2.27. The summed E-state index contributed by atoms with van der Waals surface area (Å²) in [7, 11) is 0. The second kappa shape index (κ2) is 3.82. The van der Waals surface area contributed by atoms with Crippen molar-refractivity contribution in [2.45, 2.75) is 26.3 Å². The lowest BCUT2D eigenvalue weighted by Crippen LogP contribution is -2.33. The van der Waals surface area contributed by atoms with Gasteiger partial charge in [0.05, 0.1) is 5.54 Å². The number of fused-ring (bicyclic) bond motifs is 3. The molecular formula is C15H15BrN2. The third-order valence-electron chi connectivity index (χ3n) is 3.48. The Bertz CT molecular complexity index is 632. The standard InChI is InChI=1S/C15H15BrN2/c1-9-14-12(6-7-17-9)11-5-4-10(16)8-13(11)18-15(14,2)3/h4-8,18H,1-3H3. The van der Waals surface area contributed by atoms with Gasteiger partial charge in [-0.25, -0.2) is 0 Å². The van der Waals surface area contributed by atoms with Gasteiger partial charge in [0.25, 0.3) is 0 Å². The van der Waals surface area contributed by atoms with E-state index < -0.39 is 0 Å². The summed E-state index contributed by atoms with van der Waals surface area (Å²) in [5, 5.41) is 3.60. The molecule has 1 aliphatic heterocycles. The Kier molecular flexibility index (Phi) is 2.49. The van der Waals surface area contributed by atoms with Crippen molar-refractivity contribution in [3.8, 4) is 11.1 Å². The summed E-state index contributed by atoms with van der Waals surface area (Å²) in [5.41, 5.74) is 6.00. The van der Waals surface area contributed by atoms with Crippen LogP contribution in [0.3, 0.4) is 0 Å². The Balaban J connectivity index is 2.35. The SMILES string of the molecule is Cc1nccc2c1C(C)(C)Nc1cc(Br)ccc1-2. The molecule has 1 aromatic carbocycles. The molecular weight excluding hydrogens is 288 g/mol. The average molecular weight is 303 g/mol. The number of aryl methyl sites for hydroxylation is 1. The van der Waals surface area contributed by atoms with Crippen molar-refractivity contribution in [2.75, 3.05) is 5.32 Å². The quantitative estimate of drug-likeness (QED) is 0.776. The van der Waals surface area contributed by atoms with Crippen LogP contribution in [0.25, 0.3) is 11.1 Å². The summed E-state index contributed by atoms with van der Waals surface area (Å²) in [6.45, 7) is 6.47. The molecule has 3 rings (SSSR count). The number of rotatable bonds is 0. The molecule has 0 radical (unpaired) electrons. The van der Waals surface area contributed by atoms with Crippen LogP contribution in [0.15, 0.2) is 34.9 Å². The smallest absolute Gasteiger partial charge is 0.0593 e. The summed E-state index contributed by atoms with van der Waals surface area (Å²) >= 11 is 3.53. The van der Waals surface area contributed by atoms with Crippen molar-refractivity contribution in [2.24, 2.45) is 0 Å². The number of nitrogens with zero attached hydrogens (tertiary/aromatic N) is 1. The first-order valence-electron chi connectivity index (χ1n) is 6.03. The maximum atomic E-state index is 4.43. The Hall–Kier alpha value is -1.35. The third kappa shape index (κ3) is 1.65. The van der Waals surface area contributed by atoms with Crippen LogP contribution in [0.1, 0.15) is 25.1 Å². The summed E-state index contributed by atoms with van der Waals surface area (Å²) in [5.74, 6) is 0. The van der Waals surface area contributed by atoms with E-state index in [0.717, 1.165) is 10.2 Å². The molecule has 0 bridgehead atoms. The molecule has 0 unspecified atom stereocenters. The first-order valence-corrected chi connectivity index (χ1v) is 6.82. The molecule has 2 nitrogen and oxygen atoms in total. The maximum absolute atomic E-state index is 4.43. The Morgan fingerprint density at radius 3 is 2.72 bits per heavy atom. The molecule has 2 heterocycles. The molecule has 0 spiro atoms. The molecule has 1 aromatic heterocycles. The van der Waals surface area contributed by atoms with Crippen LogP contribution in [0, 0.1) is 6.92 Å². The summed E-state index contributed by atoms with van der Waals surface area (Å²) in [6, 6.07) is 8.48. The maximum Gasteiger partial charge on any atom is 0.0593 e. The lowest BCUT2D eigenvalue weighted by atomic mass is 9.82. The first-order chi connectivity index (χ1) is 8.49. The van der Waals surface area contributed by atoms with E-state index in [1.165, 1.54) is 22.4 Å². The molecule has 2 aromatic rings. The van der Waals surface area contributed by atoms with Gasteiger partial charge in [0.2, 0.25) is 0 Å². The zero-order valence-corrected chi connectivity index (χ0v) is 12.3. The highest BCUT2D eigenvalue weighted by atomic mass is 79.9. The van der Waals surface area contributed by atoms with Gasteiger partial charge in [0.15, 0.2) is 0 Å². The van der Waals surface area contributed by atoms with E-state index in [0.29, 0.717) is 0 Å². The van der Waals surface area contributed by atoms with Gasteiger partial charge in [-0.2, -0.15) is 0 Å². The fraction of sp³-hybridized carbons (Fsp3) is 0.267. The normalized spacial score (nSPS) is 15.6. The van der Waals surface area contributed by atoms with Crippen LogP contribution in [0.4, 0.5) is 5.69 Å². The lowest BCUT2D eigenvalue weighted by molar-refractivity contribution is 0.597. The van der Waals surface area contributed by atoms with Crippen molar-refractivity contribution < 1.29 is 0 Å². The van der Waals surface area contributed by atoms with Crippen molar-refractivity contribution >= 4 is 21.6 Å². The van der Waals surface area contributed by atoms with E-state index in [1.807, 2.05) is 6.20 Å². The minimum absolute atomic E-state index is 0.0958. The van der Waals surface area contributed by atoms with Crippen LogP contribution in [0.5, 0.6) is 0 Å². The molecule has 0 saturated carbocycles. The van der Waals surface area contributed by atoms with Crippen molar-refractivity contribution in [3.05, 3.63) is 46.2 Å². The number of aromatic nitrogens is 1. The molecule has 0 aliphatic carbocycles. The first kappa shape index (κ1) is 11.7. The van der Waals surface area contributed by atoms with Crippen molar-refractivity contribution in [1.29, 1.82) is 0 Å². The molecule has 3 heteroatoms. The number of hydrogen-bond acceptors (Lipinski definition) is 2. The summed E-state index contributed by atoms with van der Waals surface area (Å²) in [6.07, 6.45) is 1.89.